The maximum absolute atomic E-state index is 12.2. The van der Waals surface area contributed by atoms with Crippen molar-refractivity contribution in [2.75, 3.05) is 6.61 Å². The molecule has 136 valence electrons. The zero-order chi connectivity index (χ0) is 18.2. The van der Waals surface area contributed by atoms with Gasteiger partial charge in [0.1, 0.15) is 11.7 Å². The molecule has 0 aliphatic rings. The molecule has 0 amide bonds. The zero-order valence-electron chi connectivity index (χ0n) is 16.0. The molecule has 3 atom stereocenters. The Morgan fingerprint density at radius 2 is 1.61 bits per heavy atom. The van der Waals surface area contributed by atoms with Crippen LogP contribution in [-0.4, -0.2) is 36.4 Å². The average molecular weight is 330 g/mol. The molecule has 0 saturated heterocycles. The highest BCUT2D eigenvalue weighted by Crippen LogP contribution is 2.18. The Labute approximate surface area is 141 Å². The fraction of sp³-hybridized carbons (Fsp3) is 0.889. The summed E-state index contributed by atoms with van der Waals surface area (Å²) in [6, 6.07) is 0. The molecule has 0 rings (SSSR count). The molecule has 5 nitrogen and oxygen atoms in total. The topological polar surface area (TPSA) is 61.8 Å². The van der Waals surface area contributed by atoms with Crippen molar-refractivity contribution in [3.05, 3.63) is 0 Å². The number of rotatable bonds is 9. The second kappa shape index (κ2) is 9.91. The lowest BCUT2D eigenvalue weighted by Gasteiger charge is -2.28. The van der Waals surface area contributed by atoms with Crippen molar-refractivity contribution < 1.29 is 23.8 Å². The Hall–Kier alpha value is -1.10. The summed E-state index contributed by atoms with van der Waals surface area (Å²) in [6.45, 7) is 15.7. The van der Waals surface area contributed by atoms with Crippen molar-refractivity contribution in [3.63, 3.8) is 0 Å². The SMILES string of the molecule is CCCO[C@H](C(C)C)[C@H](C)OC(=O)[C@H](C)CC(=O)OC(C)(C)C. The van der Waals surface area contributed by atoms with Gasteiger partial charge in [0, 0.05) is 6.61 Å². The molecule has 0 aromatic rings. The minimum Gasteiger partial charge on any atom is -0.460 e. The van der Waals surface area contributed by atoms with Crippen molar-refractivity contribution in [3.8, 4) is 0 Å². The van der Waals surface area contributed by atoms with Crippen LogP contribution >= 0.6 is 0 Å². The minimum absolute atomic E-state index is 0.0188. The van der Waals surface area contributed by atoms with Gasteiger partial charge in [-0.25, -0.2) is 0 Å². The molecule has 23 heavy (non-hydrogen) atoms. The van der Waals surface area contributed by atoms with Gasteiger partial charge in [-0.05, 0) is 40.0 Å². The van der Waals surface area contributed by atoms with E-state index in [2.05, 4.69) is 0 Å². The normalized spacial score (nSPS) is 15.9. The molecule has 0 aromatic heterocycles. The highest BCUT2D eigenvalue weighted by molar-refractivity contribution is 5.79. The lowest BCUT2D eigenvalue weighted by Crippen LogP contribution is -2.37. The van der Waals surface area contributed by atoms with Crippen LogP contribution in [0.1, 0.15) is 68.2 Å². The largest absolute Gasteiger partial charge is 0.460 e. The molecule has 0 spiro atoms. The average Bonchev–Trinajstić information content (AvgIpc) is 2.35. The van der Waals surface area contributed by atoms with E-state index in [0.717, 1.165) is 6.42 Å². The number of ether oxygens (including phenoxy) is 3. The van der Waals surface area contributed by atoms with Crippen LogP contribution in [0.3, 0.4) is 0 Å². The summed E-state index contributed by atoms with van der Waals surface area (Å²) in [5.74, 6) is -1.08. The summed E-state index contributed by atoms with van der Waals surface area (Å²) >= 11 is 0. The number of carbonyl (C=O) groups is 2. The van der Waals surface area contributed by atoms with E-state index in [-0.39, 0.29) is 24.5 Å². The number of carbonyl (C=O) groups excluding carboxylic acids is 2. The minimum atomic E-state index is -0.551. The van der Waals surface area contributed by atoms with E-state index in [4.69, 9.17) is 14.2 Å². The molecular weight excluding hydrogens is 296 g/mol. The van der Waals surface area contributed by atoms with E-state index in [9.17, 15) is 9.59 Å². The van der Waals surface area contributed by atoms with Gasteiger partial charge in [0.05, 0.1) is 18.4 Å². The predicted octanol–water partition coefficient (Wildman–Crippen LogP) is 3.74. The lowest BCUT2D eigenvalue weighted by molar-refractivity contribution is -0.168. The third-order valence-corrected chi connectivity index (χ3v) is 3.23. The number of hydrogen-bond acceptors (Lipinski definition) is 5. The van der Waals surface area contributed by atoms with Crippen LogP contribution in [0.25, 0.3) is 0 Å². The smallest absolute Gasteiger partial charge is 0.309 e. The van der Waals surface area contributed by atoms with E-state index in [1.165, 1.54) is 0 Å². The van der Waals surface area contributed by atoms with Gasteiger partial charge >= 0.3 is 11.9 Å². The quantitative estimate of drug-likeness (QED) is 0.603. The first-order valence-electron chi connectivity index (χ1n) is 8.51. The van der Waals surface area contributed by atoms with E-state index in [1.54, 1.807) is 27.7 Å². The van der Waals surface area contributed by atoms with E-state index >= 15 is 0 Å². The molecule has 0 fully saturated rings. The predicted molar refractivity (Wildman–Crippen MR) is 90.0 cm³/mol. The first kappa shape index (κ1) is 21.9. The van der Waals surface area contributed by atoms with Gasteiger partial charge in [0.25, 0.3) is 0 Å². The Kier molecular flexibility index (Phi) is 9.44. The van der Waals surface area contributed by atoms with Crippen molar-refractivity contribution in [2.24, 2.45) is 11.8 Å². The van der Waals surface area contributed by atoms with Crippen molar-refractivity contribution in [2.45, 2.75) is 86.0 Å². The monoisotopic (exact) mass is 330 g/mol. The van der Waals surface area contributed by atoms with Crippen LogP contribution in [0, 0.1) is 11.8 Å². The second-order valence-electron chi connectivity index (χ2n) is 7.41. The molecule has 0 N–H and O–H groups in total. The van der Waals surface area contributed by atoms with Crippen molar-refractivity contribution >= 4 is 11.9 Å². The van der Waals surface area contributed by atoms with Gasteiger partial charge in [-0.2, -0.15) is 0 Å². The summed E-state index contributed by atoms with van der Waals surface area (Å²) in [5.41, 5.74) is -0.551. The first-order chi connectivity index (χ1) is 10.5. The summed E-state index contributed by atoms with van der Waals surface area (Å²) in [4.78, 5) is 24.0. The van der Waals surface area contributed by atoms with Gasteiger partial charge in [-0.1, -0.05) is 27.7 Å². The Bertz CT molecular complexity index is 370. The van der Waals surface area contributed by atoms with Crippen molar-refractivity contribution in [1.82, 2.24) is 0 Å². The van der Waals surface area contributed by atoms with Gasteiger partial charge < -0.3 is 14.2 Å². The van der Waals surface area contributed by atoms with E-state index < -0.39 is 23.5 Å². The van der Waals surface area contributed by atoms with Gasteiger partial charge in [0.2, 0.25) is 0 Å². The fourth-order valence-electron chi connectivity index (χ4n) is 2.21. The molecule has 0 radical (unpaired) electrons. The summed E-state index contributed by atoms with van der Waals surface area (Å²) in [6.07, 6.45) is 0.437. The maximum Gasteiger partial charge on any atom is 0.309 e. The Morgan fingerprint density at radius 3 is 2.04 bits per heavy atom. The van der Waals surface area contributed by atoms with Crippen LogP contribution in [0.5, 0.6) is 0 Å². The van der Waals surface area contributed by atoms with Crippen LogP contribution in [0.15, 0.2) is 0 Å². The second-order valence-corrected chi connectivity index (χ2v) is 7.41. The lowest BCUT2D eigenvalue weighted by atomic mass is 10.0. The van der Waals surface area contributed by atoms with Gasteiger partial charge in [-0.15, -0.1) is 0 Å². The summed E-state index contributed by atoms with van der Waals surface area (Å²) in [5, 5.41) is 0. The molecule has 0 saturated carbocycles. The molecule has 0 bridgehead atoms. The molecule has 0 heterocycles. The van der Waals surface area contributed by atoms with E-state index in [1.807, 2.05) is 27.7 Å². The van der Waals surface area contributed by atoms with Gasteiger partial charge in [-0.3, -0.25) is 9.59 Å². The fourth-order valence-corrected chi connectivity index (χ4v) is 2.21. The molecule has 0 aromatic carbocycles. The maximum atomic E-state index is 12.2. The van der Waals surface area contributed by atoms with Gasteiger partial charge in [0.15, 0.2) is 0 Å². The molecule has 0 unspecified atom stereocenters. The first-order valence-corrected chi connectivity index (χ1v) is 8.51. The van der Waals surface area contributed by atoms with Crippen LogP contribution in [0.4, 0.5) is 0 Å². The van der Waals surface area contributed by atoms with Crippen LogP contribution in [0.2, 0.25) is 0 Å². The Balaban J connectivity index is 4.51. The third-order valence-electron chi connectivity index (χ3n) is 3.23. The number of esters is 2. The molecule has 0 aliphatic heterocycles. The molecule has 5 heteroatoms. The Morgan fingerprint density at radius 1 is 1.04 bits per heavy atom. The zero-order valence-corrected chi connectivity index (χ0v) is 16.0. The third kappa shape index (κ3) is 9.59. The standard InChI is InChI=1S/C18H34O5/c1-9-10-21-16(12(2)3)14(5)22-17(20)13(4)11-15(19)23-18(6,7)8/h12-14,16H,9-11H2,1-8H3/t13-,14+,16-/m1/s1. The number of hydrogen-bond donors (Lipinski definition) is 0. The van der Waals surface area contributed by atoms with Crippen molar-refractivity contribution in [1.29, 1.82) is 0 Å². The highest BCUT2D eigenvalue weighted by Gasteiger charge is 2.28. The summed E-state index contributed by atoms with van der Waals surface area (Å²) < 4.78 is 16.5. The highest BCUT2D eigenvalue weighted by atomic mass is 16.6. The van der Waals surface area contributed by atoms with Crippen LogP contribution < -0.4 is 0 Å². The molecular formula is C18H34O5. The van der Waals surface area contributed by atoms with Crippen LogP contribution in [-0.2, 0) is 23.8 Å². The summed E-state index contributed by atoms with van der Waals surface area (Å²) in [7, 11) is 0. The van der Waals surface area contributed by atoms with E-state index in [0.29, 0.717) is 6.61 Å². The molecule has 0 aliphatic carbocycles.